The van der Waals surface area contributed by atoms with Crippen LogP contribution in [0.15, 0.2) is 30.3 Å². The first kappa shape index (κ1) is 16.7. The number of carbonyl (C=O) groups is 1. The van der Waals surface area contributed by atoms with E-state index < -0.39 is 0 Å². The topological polar surface area (TPSA) is 26.3 Å². The zero-order valence-electron chi connectivity index (χ0n) is 13.5. The molecule has 2 heteroatoms. The molecule has 0 unspecified atom stereocenters. The molecule has 0 aromatic heterocycles. The van der Waals surface area contributed by atoms with Crippen molar-refractivity contribution < 1.29 is 9.53 Å². The number of rotatable bonds is 7. The molecule has 0 N–H and O–H groups in total. The zero-order valence-corrected chi connectivity index (χ0v) is 13.5. The minimum atomic E-state index is -0.112. The van der Waals surface area contributed by atoms with E-state index in [-0.39, 0.29) is 11.4 Å². The molecule has 1 aromatic rings. The lowest BCUT2D eigenvalue weighted by molar-refractivity contribution is -0.140. The average molecular weight is 276 g/mol. The molecule has 0 spiro atoms. The molecule has 0 saturated heterocycles. The van der Waals surface area contributed by atoms with Gasteiger partial charge in [-0.1, -0.05) is 58.0 Å². The van der Waals surface area contributed by atoms with E-state index in [2.05, 4.69) is 58.0 Å². The van der Waals surface area contributed by atoms with Crippen LogP contribution in [0.3, 0.4) is 0 Å². The Morgan fingerprint density at radius 2 is 1.65 bits per heavy atom. The quantitative estimate of drug-likeness (QED) is 0.681. The van der Waals surface area contributed by atoms with Crippen molar-refractivity contribution in [1.82, 2.24) is 0 Å². The summed E-state index contributed by atoms with van der Waals surface area (Å²) in [6.07, 6.45) is 2.39. The predicted octanol–water partition coefficient (Wildman–Crippen LogP) is 4.58. The van der Waals surface area contributed by atoms with Gasteiger partial charge in [0, 0.05) is 6.42 Å². The molecule has 1 aromatic carbocycles. The van der Waals surface area contributed by atoms with Gasteiger partial charge in [0.05, 0.1) is 7.11 Å². The Bertz CT molecular complexity index is 399. The van der Waals surface area contributed by atoms with Gasteiger partial charge in [0.15, 0.2) is 0 Å². The van der Waals surface area contributed by atoms with E-state index >= 15 is 0 Å². The number of ether oxygens (including phenoxy) is 1. The Kier molecular flexibility index (Phi) is 6.25. The fraction of sp³-hybridized carbons (Fsp3) is 0.611. The number of esters is 1. The van der Waals surface area contributed by atoms with E-state index in [0.29, 0.717) is 18.3 Å². The third-order valence-corrected chi connectivity index (χ3v) is 4.57. The van der Waals surface area contributed by atoms with Crippen molar-refractivity contribution in [3.8, 4) is 0 Å². The highest BCUT2D eigenvalue weighted by atomic mass is 16.5. The molecule has 0 atom stereocenters. The molecular weight excluding hydrogens is 248 g/mol. The van der Waals surface area contributed by atoms with Crippen molar-refractivity contribution in [2.24, 2.45) is 11.8 Å². The molecule has 20 heavy (non-hydrogen) atoms. The smallest absolute Gasteiger partial charge is 0.305 e. The summed E-state index contributed by atoms with van der Waals surface area (Å²) in [4.78, 5) is 11.4. The van der Waals surface area contributed by atoms with Gasteiger partial charge < -0.3 is 4.74 Å². The minimum absolute atomic E-state index is 0.112. The maximum Gasteiger partial charge on any atom is 0.305 e. The van der Waals surface area contributed by atoms with Crippen LogP contribution < -0.4 is 0 Å². The standard InChI is InChI=1S/C18H28O2/c1-14(2)18(15(3)4,13-9-12-17(19)20-5)16-10-7-6-8-11-16/h6-8,10-11,14-15H,9,12-13H2,1-5H3. The Balaban J connectivity index is 2.98. The van der Waals surface area contributed by atoms with E-state index in [4.69, 9.17) is 4.74 Å². The molecule has 112 valence electrons. The Morgan fingerprint density at radius 3 is 2.10 bits per heavy atom. The predicted molar refractivity (Wildman–Crippen MR) is 83.7 cm³/mol. The molecule has 1 rings (SSSR count). The highest BCUT2D eigenvalue weighted by Gasteiger charge is 2.38. The van der Waals surface area contributed by atoms with Crippen LogP contribution in [-0.4, -0.2) is 13.1 Å². The molecule has 0 fully saturated rings. The van der Waals surface area contributed by atoms with Crippen LogP contribution in [0, 0.1) is 11.8 Å². The number of benzene rings is 1. The SMILES string of the molecule is COC(=O)CCCC(c1ccccc1)(C(C)C)C(C)C. The number of hydrogen-bond acceptors (Lipinski definition) is 2. The molecule has 0 saturated carbocycles. The molecule has 0 aliphatic heterocycles. The van der Waals surface area contributed by atoms with Gasteiger partial charge in [-0.05, 0) is 35.7 Å². The monoisotopic (exact) mass is 276 g/mol. The molecule has 0 heterocycles. The second kappa shape index (κ2) is 7.47. The summed E-state index contributed by atoms with van der Waals surface area (Å²) in [5, 5.41) is 0. The third kappa shape index (κ3) is 3.62. The van der Waals surface area contributed by atoms with Crippen molar-refractivity contribution >= 4 is 5.97 Å². The highest BCUT2D eigenvalue weighted by molar-refractivity contribution is 5.69. The molecule has 2 nitrogen and oxygen atoms in total. The third-order valence-electron chi connectivity index (χ3n) is 4.57. The van der Waals surface area contributed by atoms with E-state index in [9.17, 15) is 4.79 Å². The van der Waals surface area contributed by atoms with E-state index in [0.717, 1.165) is 12.8 Å². The van der Waals surface area contributed by atoms with Gasteiger partial charge in [-0.15, -0.1) is 0 Å². The summed E-state index contributed by atoms with van der Waals surface area (Å²) in [7, 11) is 1.46. The Labute approximate surface area is 123 Å². The van der Waals surface area contributed by atoms with Gasteiger partial charge in [-0.3, -0.25) is 4.79 Å². The van der Waals surface area contributed by atoms with E-state index in [1.54, 1.807) is 0 Å². The lowest BCUT2D eigenvalue weighted by Gasteiger charge is -2.42. The van der Waals surface area contributed by atoms with Crippen molar-refractivity contribution in [2.75, 3.05) is 7.11 Å². The lowest BCUT2D eigenvalue weighted by Crippen LogP contribution is -2.38. The van der Waals surface area contributed by atoms with Gasteiger partial charge in [0.25, 0.3) is 0 Å². The van der Waals surface area contributed by atoms with Crippen LogP contribution in [0.2, 0.25) is 0 Å². The molecule has 0 bridgehead atoms. The summed E-state index contributed by atoms with van der Waals surface area (Å²) in [5.41, 5.74) is 1.50. The normalized spacial score (nSPS) is 11.9. The maximum absolute atomic E-state index is 11.4. The summed E-state index contributed by atoms with van der Waals surface area (Å²) >= 11 is 0. The van der Waals surface area contributed by atoms with Crippen LogP contribution in [-0.2, 0) is 14.9 Å². The van der Waals surface area contributed by atoms with Crippen LogP contribution in [0.25, 0.3) is 0 Å². The van der Waals surface area contributed by atoms with Crippen LogP contribution in [0.4, 0.5) is 0 Å². The first-order valence-electron chi connectivity index (χ1n) is 7.57. The molecule has 0 amide bonds. The van der Waals surface area contributed by atoms with Gasteiger partial charge in [-0.2, -0.15) is 0 Å². The van der Waals surface area contributed by atoms with Gasteiger partial charge in [-0.25, -0.2) is 0 Å². The fourth-order valence-corrected chi connectivity index (χ4v) is 3.43. The minimum Gasteiger partial charge on any atom is -0.469 e. The maximum atomic E-state index is 11.4. The summed E-state index contributed by atoms with van der Waals surface area (Å²) in [6, 6.07) is 10.7. The summed E-state index contributed by atoms with van der Waals surface area (Å²) in [5.74, 6) is 0.949. The zero-order chi connectivity index (χ0) is 15.2. The number of carbonyl (C=O) groups excluding carboxylic acids is 1. The van der Waals surface area contributed by atoms with Crippen molar-refractivity contribution in [2.45, 2.75) is 52.4 Å². The van der Waals surface area contributed by atoms with Crippen molar-refractivity contribution in [3.05, 3.63) is 35.9 Å². The molecule has 0 aliphatic rings. The fourth-order valence-electron chi connectivity index (χ4n) is 3.43. The van der Waals surface area contributed by atoms with Gasteiger partial charge >= 0.3 is 5.97 Å². The Morgan fingerprint density at radius 1 is 1.10 bits per heavy atom. The number of hydrogen-bond donors (Lipinski definition) is 0. The van der Waals surface area contributed by atoms with Gasteiger partial charge in [0.2, 0.25) is 0 Å². The summed E-state index contributed by atoms with van der Waals surface area (Å²) < 4.78 is 4.75. The average Bonchev–Trinajstić information content (AvgIpc) is 2.43. The second-order valence-electron chi connectivity index (χ2n) is 6.15. The van der Waals surface area contributed by atoms with Gasteiger partial charge in [0.1, 0.15) is 0 Å². The first-order valence-corrected chi connectivity index (χ1v) is 7.57. The number of methoxy groups -OCH3 is 1. The van der Waals surface area contributed by atoms with Crippen LogP contribution in [0.1, 0.15) is 52.5 Å². The molecule has 0 radical (unpaired) electrons. The van der Waals surface area contributed by atoms with Crippen molar-refractivity contribution in [3.63, 3.8) is 0 Å². The lowest BCUT2D eigenvalue weighted by atomic mass is 9.62. The second-order valence-corrected chi connectivity index (χ2v) is 6.15. The first-order chi connectivity index (χ1) is 9.45. The Hall–Kier alpha value is -1.31. The summed E-state index contributed by atoms with van der Waals surface area (Å²) in [6.45, 7) is 9.13. The van der Waals surface area contributed by atoms with Crippen LogP contribution >= 0.6 is 0 Å². The molecule has 0 aliphatic carbocycles. The molecular formula is C18H28O2. The van der Waals surface area contributed by atoms with E-state index in [1.807, 2.05) is 0 Å². The van der Waals surface area contributed by atoms with Crippen molar-refractivity contribution in [1.29, 1.82) is 0 Å². The highest BCUT2D eigenvalue weighted by Crippen LogP contribution is 2.43. The largest absolute Gasteiger partial charge is 0.469 e. The van der Waals surface area contributed by atoms with E-state index in [1.165, 1.54) is 12.7 Å². The van der Waals surface area contributed by atoms with Crippen LogP contribution in [0.5, 0.6) is 0 Å².